The minimum absolute atomic E-state index is 0.00519. The molecule has 0 radical (unpaired) electrons. The standard InChI is InChI=1S/C18H23FN2/c1-5-20-18(17-12-15(19)10-9-13(17)2)14-7-6-8-16(11-14)21(3)4/h6-12,18,20H,5H2,1-4H3. The van der Waals surface area contributed by atoms with E-state index in [2.05, 4.69) is 35.3 Å². The van der Waals surface area contributed by atoms with Crippen molar-refractivity contribution in [1.82, 2.24) is 5.32 Å². The van der Waals surface area contributed by atoms with E-state index in [0.717, 1.165) is 28.9 Å². The Morgan fingerprint density at radius 1 is 1.14 bits per heavy atom. The molecule has 2 aromatic carbocycles. The predicted molar refractivity (Wildman–Crippen MR) is 87.4 cm³/mol. The van der Waals surface area contributed by atoms with E-state index in [0.29, 0.717) is 0 Å². The van der Waals surface area contributed by atoms with E-state index in [9.17, 15) is 4.39 Å². The highest BCUT2D eigenvalue weighted by molar-refractivity contribution is 5.50. The van der Waals surface area contributed by atoms with Gasteiger partial charge in [0.1, 0.15) is 5.82 Å². The number of halogens is 1. The second-order valence-corrected chi connectivity index (χ2v) is 5.48. The van der Waals surface area contributed by atoms with Crippen molar-refractivity contribution in [2.24, 2.45) is 0 Å². The maximum atomic E-state index is 13.6. The SMILES string of the molecule is CCNC(c1cccc(N(C)C)c1)c1cc(F)ccc1C. The fourth-order valence-corrected chi connectivity index (χ4v) is 2.52. The van der Waals surface area contributed by atoms with Gasteiger partial charge in [0, 0.05) is 19.8 Å². The first kappa shape index (κ1) is 15.5. The Balaban J connectivity index is 2.48. The molecule has 112 valence electrons. The number of nitrogens with one attached hydrogen (secondary N) is 1. The van der Waals surface area contributed by atoms with Gasteiger partial charge < -0.3 is 10.2 Å². The minimum atomic E-state index is -0.192. The number of nitrogens with zero attached hydrogens (tertiary/aromatic N) is 1. The molecule has 0 spiro atoms. The lowest BCUT2D eigenvalue weighted by molar-refractivity contribution is 0.600. The Bertz CT molecular complexity index is 608. The van der Waals surface area contributed by atoms with Gasteiger partial charge in [0.15, 0.2) is 0 Å². The van der Waals surface area contributed by atoms with Gasteiger partial charge in [0.2, 0.25) is 0 Å². The van der Waals surface area contributed by atoms with Crippen molar-refractivity contribution in [3.05, 3.63) is 65.0 Å². The van der Waals surface area contributed by atoms with Crippen molar-refractivity contribution in [2.45, 2.75) is 19.9 Å². The van der Waals surface area contributed by atoms with Crippen molar-refractivity contribution in [1.29, 1.82) is 0 Å². The van der Waals surface area contributed by atoms with Gasteiger partial charge in [0.05, 0.1) is 6.04 Å². The van der Waals surface area contributed by atoms with Crippen molar-refractivity contribution in [2.75, 3.05) is 25.5 Å². The van der Waals surface area contributed by atoms with Crippen LogP contribution in [0.1, 0.15) is 29.7 Å². The molecule has 2 nitrogen and oxygen atoms in total. The molecule has 1 unspecified atom stereocenters. The van der Waals surface area contributed by atoms with Crippen LogP contribution in [-0.4, -0.2) is 20.6 Å². The Hall–Kier alpha value is -1.87. The lowest BCUT2D eigenvalue weighted by Crippen LogP contribution is -2.23. The first-order chi connectivity index (χ1) is 10.0. The summed E-state index contributed by atoms with van der Waals surface area (Å²) in [5.41, 5.74) is 4.38. The van der Waals surface area contributed by atoms with Crippen LogP contribution in [0.5, 0.6) is 0 Å². The molecule has 0 amide bonds. The van der Waals surface area contributed by atoms with Crippen LogP contribution in [0.4, 0.5) is 10.1 Å². The molecule has 0 bridgehead atoms. The van der Waals surface area contributed by atoms with Gasteiger partial charge in [-0.25, -0.2) is 4.39 Å². The van der Waals surface area contributed by atoms with Crippen molar-refractivity contribution in [3.63, 3.8) is 0 Å². The molecular formula is C18H23FN2. The van der Waals surface area contributed by atoms with Gasteiger partial charge in [-0.05, 0) is 54.4 Å². The number of benzene rings is 2. The van der Waals surface area contributed by atoms with E-state index in [-0.39, 0.29) is 11.9 Å². The summed E-state index contributed by atoms with van der Waals surface area (Å²) in [6.07, 6.45) is 0. The molecule has 0 aromatic heterocycles. The molecule has 21 heavy (non-hydrogen) atoms. The number of hydrogen-bond acceptors (Lipinski definition) is 2. The van der Waals surface area contributed by atoms with Crippen molar-refractivity contribution >= 4 is 5.69 Å². The molecule has 0 aliphatic carbocycles. The first-order valence-electron chi connectivity index (χ1n) is 7.29. The predicted octanol–water partition coefficient (Wildman–Crippen LogP) is 3.90. The summed E-state index contributed by atoms with van der Waals surface area (Å²) in [5.74, 6) is -0.192. The van der Waals surface area contributed by atoms with Gasteiger partial charge in [-0.2, -0.15) is 0 Å². The van der Waals surface area contributed by atoms with Crippen molar-refractivity contribution in [3.8, 4) is 0 Å². The van der Waals surface area contributed by atoms with E-state index in [1.807, 2.05) is 33.2 Å². The van der Waals surface area contributed by atoms with Gasteiger partial charge in [-0.3, -0.25) is 0 Å². The van der Waals surface area contributed by atoms with E-state index in [4.69, 9.17) is 0 Å². The average Bonchev–Trinajstić information content (AvgIpc) is 2.47. The molecule has 0 heterocycles. The Kier molecular flexibility index (Phi) is 4.97. The summed E-state index contributed by atoms with van der Waals surface area (Å²) in [5, 5.41) is 3.46. The van der Waals surface area contributed by atoms with Gasteiger partial charge in [-0.15, -0.1) is 0 Å². The zero-order valence-corrected chi connectivity index (χ0v) is 13.2. The third-order valence-corrected chi connectivity index (χ3v) is 3.68. The van der Waals surface area contributed by atoms with Crippen LogP contribution in [0.3, 0.4) is 0 Å². The zero-order chi connectivity index (χ0) is 15.4. The molecule has 0 saturated heterocycles. The van der Waals surface area contributed by atoms with Gasteiger partial charge in [0.25, 0.3) is 0 Å². The summed E-state index contributed by atoms with van der Waals surface area (Å²) in [6.45, 7) is 4.92. The highest BCUT2D eigenvalue weighted by Crippen LogP contribution is 2.28. The van der Waals surface area contributed by atoms with Crippen LogP contribution in [-0.2, 0) is 0 Å². The Morgan fingerprint density at radius 2 is 1.90 bits per heavy atom. The molecule has 2 rings (SSSR count). The highest BCUT2D eigenvalue weighted by Gasteiger charge is 2.16. The fraction of sp³-hybridized carbons (Fsp3) is 0.333. The minimum Gasteiger partial charge on any atom is -0.378 e. The second kappa shape index (κ2) is 6.72. The monoisotopic (exact) mass is 286 g/mol. The highest BCUT2D eigenvalue weighted by atomic mass is 19.1. The number of rotatable bonds is 5. The second-order valence-electron chi connectivity index (χ2n) is 5.48. The van der Waals surface area contributed by atoms with Crippen LogP contribution < -0.4 is 10.2 Å². The Labute approximate surface area is 126 Å². The normalized spacial score (nSPS) is 12.2. The Morgan fingerprint density at radius 3 is 2.57 bits per heavy atom. The first-order valence-corrected chi connectivity index (χ1v) is 7.29. The van der Waals surface area contributed by atoms with E-state index >= 15 is 0 Å². The van der Waals surface area contributed by atoms with Crippen LogP contribution in [0, 0.1) is 12.7 Å². The maximum absolute atomic E-state index is 13.6. The number of anilines is 1. The topological polar surface area (TPSA) is 15.3 Å². The molecule has 0 aliphatic heterocycles. The molecule has 3 heteroatoms. The molecule has 0 aliphatic rings. The van der Waals surface area contributed by atoms with Crippen LogP contribution in [0.2, 0.25) is 0 Å². The summed E-state index contributed by atoms with van der Waals surface area (Å²) in [6, 6.07) is 13.3. The summed E-state index contributed by atoms with van der Waals surface area (Å²) >= 11 is 0. The molecule has 1 atom stereocenters. The molecule has 2 aromatic rings. The molecule has 1 N–H and O–H groups in total. The lowest BCUT2D eigenvalue weighted by Gasteiger charge is -2.23. The summed E-state index contributed by atoms with van der Waals surface area (Å²) in [7, 11) is 4.05. The lowest BCUT2D eigenvalue weighted by atomic mass is 9.94. The maximum Gasteiger partial charge on any atom is 0.123 e. The summed E-state index contributed by atoms with van der Waals surface area (Å²) < 4.78 is 13.6. The van der Waals surface area contributed by atoms with E-state index in [1.54, 1.807) is 6.07 Å². The quantitative estimate of drug-likeness (QED) is 0.897. The van der Waals surface area contributed by atoms with Gasteiger partial charge in [-0.1, -0.05) is 25.1 Å². The smallest absolute Gasteiger partial charge is 0.123 e. The largest absolute Gasteiger partial charge is 0.378 e. The molecule has 0 saturated carbocycles. The third-order valence-electron chi connectivity index (χ3n) is 3.68. The summed E-state index contributed by atoms with van der Waals surface area (Å²) in [4.78, 5) is 2.07. The van der Waals surface area contributed by atoms with Crippen LogP contribution in [0.25, 0.3) is 0 Å². The van der Waals surface area contributed by atoms with Crippen LogP contribution >= 0.6 is 0 Å². The molecular weight excluding hydrogens is 263 g/mol. The van der Waals surface area contributed by atoms with E-state index in [1.165, 1.54) is 6.07 Å². The number of aryl methyl sites for hydroxylation is 1. The van der Waals surface area contributed by atoms with Crippen molar-refractivity contribution < 1.29 is 4.39 Å². The number of hydrogen-bond donors (Lipinski definition) is 1. The fourth-order valence-electron chi connectivity index (χ4n) is 2.52. The molecule has 0 fully saturated rings. The van der Waals surface area contributed by atoms with Gasteiger partial charge >= 0.3 is 0 Å². The average molecular weight is 286 g/mol. The van der Waals surface area contributed by atoms with E-state index < -0.39 is 0 Å². The zero-order valence-electron chi connectivity index (χ0n) is 13.2. The van der Waals surface area contributed by atoms with Crippen LogP contribution in [0.15, 0.2) is 42.5 Å². The third kappa shape index (κ3) is 3.61.